The molecular formula is C14H20N2O. The van der Waals surface area contributed by atoms with E-state index in [1.807, 2.05) is 20.8 Å². The molecule has 1 aromatic rings. The van der Waals surface area contributed by atoms with Gasteiger partial charge in [-0.2, -0.15) is 0 Å². The number of amides is 1. The van der Waals surface area contributed by atoms with Crippen molar-refractivity contribution in [2.75, 3.05) is 5.32 Å². The van der Waals surface area contributed by atoms with E-state index in [0.717, 1.165) is 28.8 Å². The lowest BCUT2D eigenvalue weighted by Crippen LogP contribution is -2.27. The Morgan fingerprint density at radius 2 is 2.06 bits per heavy atom. The Balaban J connectivity index is 2.59. The second kappa shape index (κ2) is 3.84. The number of nitrogens with one attached hydrogen (secondary N) is 1. The molecule has 0 radical (unpaired) electrons. The molecule has 0 fully saturated rings. The van der Waals surface area contributed by atoms with Crippen molar-refractivity contribution in [1.82, 2.24) is 0 Å². The quantitative estimate of drug-likeness (QED) is 0.823. The van der Waals surface area contributed by atoms with Crippen molar-refractivity contribution in [1.29, 1.82) is 0 Å². The molecular weight excluding hydrogens is 212 g/mol. The van der Waals surface area contributed by atoms with Crippen LogP contribution in [-0.4, -0.2) is 5.91 Å². The van der Waals surface area contributed by atoms with Crippen LogP contribution in [0.15, 0.2) is 12.1 Å². The van der Waals surface area contributed by atoms with Gasteiger partial charge < -0.3 is 11.1 Å². The van der Waals surface area contributed by atoms with Gasteiger partial charge in [0.05, 0.1) is 5.41 Å². The van der Waals surface area contributed by atoms with Crippen molar-refractivity contribution in [2.45, 2.75) is 45.6 Å². The normalized spacial score (nSPS) is 18.8. The Bertz CT molecular complexity index is 477. The van der Waals surface area contributed by atoms with E-state index >= 15 is 0 Å². The molecule has 0 saturated heterocycles. The molecule has 1 unspecified atom stereocenters. The zero-order valence-electron chi connectivity index (χ0n) is 10.9. The third-order valence-electron chi connectivity index (χ3n) is 3.71. The van der Waals surface area contributed by atoms with Gasteiger partial charge in [0.1, 0.15) is 0 Å². The number of hydrogen-bond acceptors (Lipinski definition) is 2. The smallest absolute Gasteiger partial charge is 0.234 e. The van der Waals surface area contributed by atoms with Crippen molar-refractivity contribution in [3.05, 3.63) is 28.8 Å². The van der Waals surface area contributed by atoms with E-state index in [0.29, 0.717) is 0 Å². The van der Waals surface area contributed by atoms with Crippen LogP contribution in [0.5, 0.6) is 0 Å². The number of fused-ring (bicyclic) bond motifs is 1. The van der Waals surface area contributed by atoms with Crippen LogP contribution in [0.3, 0.4) is 0 Å². The van der Waals surface area contributed by atoms with Crippen LogP contribution in [0.4, 0.5) is 5.69 Å². The number of rotatable bonds is 2. The van der Waals surface area contributed by atoms with Crippen molar-refractivity contribution in [2.24, 2.45) is 5.73 Å². The molecule has 0 spiro atoms. The first-order chi connectivity index (χ1) is 7.87. The molecule has 0 aliphatic carbocycles. The molecule has 3 heteroatoms. The number of hydrogen-bond donors (Lipinski definition) is 2. The first-order valence-electron chi connectivity index (χ1n) is 6.10. The van der Waals surface area contributed by atoms with Crippen LogP contribution in [0, 0.1) is 6.92 Å². The molecule has 92 valence electrons. The molecule has 3 nitrogen and oxygen atoms in total. The molecule has 3 N–H and O–H groups in total. The zero-order valence-corrected chi connectivity index (χ0v) is 10.9. The summed E-state index contributed by atoms with van der Waals surface area (Å²) in [6, 6.07) is 4.20. The van der Waals surface area contributed by atoms with E-state index in [1.54, 1.807) is 0 Å². The summed E-state index contributed by atoms with van der Waals surface area (Å²) in [5, 5.41) is 2.96. The maximum Gasteiger partial charge on any atom is 0.234 e. The fourth-order valence-electron chi connectivity index (χ4n) is 2.32. The third-order valence-corrected chi connectivity index (χ3v) is 3.71. The number of nitrogens with two attached hydrogens (primary N) is 1. The Morgan fingerprint density at radius 1 is 1.41 bits per heavy atom. The van der Waals surface area contributed by atoms with Crippen molar-refractivity contribution < 1.29 is 4.79 Å². The molecule has 17 heavy (non-hydrogen) atoms. The second-order valence-electron chi connectivity index (χ2n) is 5.35. The molecule has 1 aliphatic rings. The first kappa shape index (κ1) is 12.1. The lowest BCUT2D eigenvalue weighted by Gasteiger charge is -2.18. The lowest BCUT2D eigenvalue weighted by molar-refractivity contribution is -0.119. The highest BCUT2D eigenvalue weighted by Crippen LogP contribution is 2.40. The van der Waals surface area contributed by atoms with Crippen LogP contribution in [0.1, 0.15) is 49.9 Å². The van der Waals surface area contributed by atoms with E-state index in [-0.39, 0.29) is 11.9 Å². The summed E-state index contributed by atoms with van der Waals surface area (Å²) < 4.78 is 0. The molecule has 1 heterocycles. The molecule has 0 bridgehead atoms. The van der Waals surface area contributed by atoms with Gasteiger partial charge in [-0.15, -0.1) is 0 Å². The van der Waals surface area contributed by atoms with Gasteiger partial charge in [-0.3, -0.25) is 4.79 Å². The topological polar surface area (TPSA) is 55.1 Å². The fraction of sp³-hybridized carbons (Fsp3) is 0.500. The molecule has 1 aromatic carbocycles. The van der Waals surface area contributed by atoms with Crippen molar-refractivity contribution >= 4 is 11.6 Å². The Hall–Kier alpha value is -1.35. The maximum atomic E-state index is 11.9. The average molecular weight is 232 g/mol. The van der Waals surface area contributed by atoms with Gasteiger partial charge in [-0.1, -0.05) is 19.1 Å². The van der Waals surface area contributed by atoms with E-state index in [1.165, 1.54) is 0 Å². The lowest BCUT2D eigenvalue weighted by atomic mass is 9.83. The summed E-state index contributed by atoms with van der Waals surface area (Å²) in [5.41, 5.74) is 9.87. The summed E-state index contributed by atoms with van der Waals surface area (Å²) in [7, 11) is 0. The Labute approximate surface area is 102 Å². The molecule has 1 atom stereocenters. The summed E-state index contributed by atoms with van der Waals surface area (Å²) >= 11 is 0. The van der Waals surface area contributed by atoms with Crippen molar-refractivity contribution in [3.8, 4) is 0 Å². The van der Waals surface area contributed by atoms with E-state index in [9.17, 15) is 4.79 Å². The van der Waals surface area contributed by atoms with Crippen LogP contribution in [-0.2, 0) is 10.2 Å². The van der Waals surface area contributed by atoms with Crippen molar-refractivity contribution in [3.63, 3.8) is 0 Å². The predicted octanol–water partition coefficient (Wildman–Crippen LogP) is 2.63. The summed E-state index contributed by atoms with van der Waals surface area (Å²) in [6.07, 6.45) is 0.903. The van der Waals surface area contributed by atoms with Crippen LogP contribution >= 0.6 is 0 Å². The highest BCUT2D eigenvalue weighted by molar-refractivity contribution is 6.06. The largest absolute Gasteiger partial charge is 0.325 e. The molecule has 1 aliphatic heterocycles. The van der Waals surface area contributed by atoms with Gasteiger partial charge in [0.2, 0.25) is 5.91 Å². The maximum absolute atomic E-state index is 11.9. The van der Waals surface area contributed by atoms with E-state index in [4.69, 9.17) is 5.73 Å². The highest BCUT2D eigenvalue weighted by atomic mass is 16.2. The number of aryl methyl sites for hydroxylation is 1. The zero-order chi connectivity index (χ0) is 12.8. The van der Waals surface area contributed by atoms with Gasteiger partial charge in [-0.25, -0.2) is 0 Å². The third kappa shape index (κ3) is 1.75. The Morgan fingerprint density at radius 3 is 2.65 bits per heavy atom. The highest BCUT2D eigenvalue weighted by Gasteiger charge is 2.39. The first-order valence-corrected chi connectivity index (χ1v) is 6.10. The molecule has 0 saturated carbocycles. The second-order valence-corrected chi connectivity index (χ2v) is 5.35. The number of anilines is 1. The molecule has 2 rings (SSSR count). The van der Waals surface area contributed by atoms with E-state index < -0.39 is 5.41 Å². The summed E-state index contributed by atoms with van der Waals surface area (Å²) in [6.45, 7) is 8.00. The average Bonchev–Trinajstić information content (AvgIpc) is 2.51. The monoisotopic (exact) mass is 232 g/mol. The number of carbonyl (C=O) groups is 1. The summed E-state index contributed by atoms with van der Waals surface area (Å²) in [5.74, 6) is 0.0674. The minimum atomic E-state index is -0.455. The van der Waals surface area contributed by atoms with Gasteiger partial charge >= 0.3 is 0 Å². The van der Waals surface area contributed by atoms with Gasteiger partial charge in [0.15, 0.2) is 0 Å². The van der Waals surface area contributed by atoms with Gasteiger partial charge in [0.25, 0.3) is 0 Å². The minimum Gasteiger partial charge on any atom is -0.325 e. The standard InChI is InChI=1S/C14H20N2O/c1-5-11(15)9-6-8(2)12-10(7-9)14(3,4)13(17)16-12/h6-7,11H,5,15H2,1-4H3,(H,16,17). The van der Waals surface area contributed by atoms with Crippen LogP contribution in [0.25, 0.3) is 0 Å². The Kier molecular flexibility index (Phi) is 2.74. The molecule has 1 amide bonds. The molecule has 0 aromatic heterocycles. The minimum absolute atomic E-state index is 0.0468. The fourth-order valence-corrected chi connectivity index (χ4v) is 2.32. The SMILES string of the molecule is CCC(N)c1cc(C)c2c(c1)C(C)(C)C(=O)N2. The van der Waals surface area contributed by atoms with Crippen LogP contribution in [0.2, 0.25) is 0 Å². The van der Waals surface area contributed by atoms with E-state index in [2.05, 4.69) is 24.4 Å². The van der Waals surface area contributed by atoms with Gasteiger partial charge in [0, 0.05) is 11.7 Å². The number of carbonyl (C=O) groups excluding carboxylic acids is 1. The van der Waals surface area contributed by atoms with Gasteiger partial charge in [-0.05, 0) is 43.9 Å². The predicted molar refractivity (Wildman–Crippen MR) is 70.1 cm³/mol. The number of benzene rings is 1. The summed E-state index contributed by atoms with van der Waals surface area (Å²) in [4.78, 5) is 11.9. The van der Waals surface area contributed by atoms with Crippen LogP contribution < -0.4 is 11.1 Å².